The average molecular weight is 362 g/mol. The summed E-state index contributed by atoms with van der Waals surface area (Å²) in [6, 6.07) is 15.8. The molecule has 2 heterocycles. The zero-order chi connectivity index (χ0) is 18.1. The first-order chi connectivity index (χ1) is 12.6. The number of aromatic amines is 1. The van der Waals surface area contributed by atoms with Gasteiger partial charge < -0.3 is 5.11 Å². The van der Waals surface area contributed by atoms with Gasteiger partial charge in [-0.05, 0) is 18.1 Å². The second-order valence-electron chi connectivity index (χ2n) is 5.77. The zero-order valence-corrected chi connectivity index (χ0v) is 14.6. The van der Waals surface area contributed by atoms with E-state index in [2.05, 4.69) is 44.7 Å². The molecule has 0 unspecified atom stereocenters. The number of carboxylic acid groups (broad SMARTS) is 1. The lowest BCUT2D eigenvalue weighted by Crippen LogP contribution is -1.99. The molecule has 0 aliphatic rings. The van der Waals surface area contributed by atoms with E-state index in [9.17, 15) is 4.79 Å². The molecule has 7 heteroatoms. The molecular weight excluding hydrogens is 348 g/mol. The van der Waals surface area contributed by atoms with E-state index < -0.39 is 5.97 Å². The number of hydrogen-bond acceptors (Lipinski definition) is 5. The number of benzene rings is 2. The number of rotatable bonds is 4. The standard InChI is InChI=1S/C19H14N4O2S/c1-11-10-20-18(26-11)15-8-4-13(5-9-15)12-2-6-14(7-3-12)16-17(19(24)25)22-23-21-16/h2-10H,1H3,(H,24,25)(H,21,22,23). The highest BCUT2D eigenvalue weighted by Crippen LogP contribution is 2.29. The Kier molecular flexibility index (Phi) is 4.06. The Morgan fingerprint density at radius 2 is 1.54 bits per heavy atom. The maximum atomic E-state index is 11.2. The molecule has 0 aliphatic carbocycles. The van der Waals surface area contributed by atoms with Crippen molar-refractivity contribution in [2.24, 2.45) is 0 Å². The van der Waals surface area contributed by atoms with Crippen molar-refractivity contribution in [2.75, 3.05) is 0 Å². The number of carbonyl (C=O) groups is 1. The maximum Gasteiger partial charge on any atom is 0.356 e. The van der Waals surface area contributed by atoms with Crippen LogP contribution in [0.3, 0.4) is 0 Å². The second-order valence-corrected chi connectivity index (χ2v) is 7.01. The Hall–Kier alpha value is -3.32. The van der Waals surface area contributed by atoms with Gasteiger partial charge in [0.2, 0.25) is 0 Å². The zero-order valence-electron chi connectivity index (χ0n) is 13.8. The van der Waals surface area contributed by atoms with Crippen molar-refractivity contribution in [1.29, 1.82) is 0 Å². The number of hydrogen-bond donors (Lipinski definition) is 2. The molecule has 0 aliphatic heterocycles. The first-order valence-electron chi connectivity index (χ1n) is 7.90. The molecular formula is C19H14N4O2S. The van der Waals surface area contributed by atoms with Gasteiger partial charge in [0.25, 0.3) is 0 Å². The number of aromatic carboxylic acids is 1. The van der Waals surface area contributed by atoms with Gasteiger partial charge in [0, 0.05) is 22.2 Å². The minimum absolute atomic E-state index is 0.0131. The second kappa shape index (κ2) is 6.53. The first kappa shape index (κ1) is 16.2. The monoisotopic (exact) mass is 362 g/mol. The SMILES string of the molecule is Cc1cnc(-c2ccc(-c3ccc(-c4nn[nH]c4C(=O)O)cc3)cc2)s1. The molecule has 4 aromatic rings. The van der Waals surface area contributed by atoms with E-state index in [1.807, 2.05) is 37.4 Å². The summed E-state index contributed by atoms with van der Waals surface area (Å²) in [5, 5.41) is 20.0. The lowest BCUT2D eigenvalue weighted by Gasteiger charge is -2.05. The Morgan fingerprint density at radius 3 is 2.08 bits per heavy atom. The average Bonchev–Trinajstić information content (AvgIpc) is 3.31. The van der Waals surface area contributed by atoms with Gasteiger partial charge in [-0.15, -0.1) is 16.4 Å². The van der Waals surface area contributed by atoms with Crippen LogP contribution >= 0.6 is 11.3 Å². The van der Waals surface area contributed by atoms with Crippen molar-refractivity contribution in [3.05, 3.63) is 65.3 Å². The van der Waals surface area contributed by atoms with Crippen LogP contribution in [0.4, 0.5) is 0 Å². The van der Waals surface area contributed by atoms with Crippen LogP contribution in [0, 0.1) is 6.92 Å². The third kappa shape index (κ3) is 3.00. The molecule has 0 bridgehead atoms. The first-order valence-corrected chi connectivity index (χ1v) is 8.71. The number of aryl methyl sites for hydroxylation is 1. The van der Waals surface area contributed by atoms with Gasteiger partial charge in [0.15, 0.2) is 5.69 Å². The fraction of sp³-hybridized carbons (Fsp3) is 0.0526. The number of nitrogens with one attached hydrogen (secondary N) is 1. The summed E-state index contributed by atoms with van der Waals surface area (Å²) >= 11 is 1.67. The summed E-state index contributed by atoms with van der Waals surface area (Å²) in [6.45, 7) is 2.04. The van der Waals surface area contributed by atoms with Crippen molar-refractivity contribution >= 4 is 17.3 Å². The van der Waals surface area contributed by atoms with Gasteiger partial charge in [0.05, 0.1) is 0 Å². The van der Waals surface area contributed by atoms with Crippen molar-refractivity contribution in [3.8, 4) is 33.0 Å². The number of aromatic nitrogens is 4. The third-order valence-electron chi connectivity index (χ3n) is 4.01. The number of carboxylic acids is 1. The normalized spacial score (nSPS) is 10.8. The summed E-state index contributed by atoms with van der Waals surface area (Å²) in [6.07, 6.45) is 1.88. The van der Waals surface area contributed by atoms with Crippen LogP contribution in [0.1, 0.15) is 15.4 Å². The van der Waals surface area contributed by atoms with Crippen molar-refractivity contribution in [2.45, 2.75) is 6.92 Å². The number of nitrogens with zero attached hydrogens (tertiary/aromatic N) is 3. The van der Waals surface area contributed by atoms with Crippen LogP contribution < -0.4 is 0 Å². The summed E-state index contributed by atoms with van der Waals surface area (Å²) in [5.41, 5.74) is 4.23. The lowest BCUT2D eigenvalue weighted by molar-refractivity contribution is 0.0691. The number of thiazole rings is 1. The lowest BCUT2D eigenvalue weighted by atomic mass is 10.0. The minimum Gasteiger partial charge on any atom is -0.476 e. The van der Waals surface area contributed by atoms with Crippen molar-refractivity contribution in [1.82, 2.24) is 20.4 Å². The molecule has 0 atom stereocenters. The summed E-state index contributed by atoms with van der Waals surface area (Å²) in [4.78, 5) is 16.8. The van der Waals surface area contributed by atoms with Crippen molar-refractivity contribution in [3.63, 3.8) is 0 Å². The van der Waals surface area contributed by atoms with E-state index in [-0.39, 0.29) is 5.69 Å². The van der Waals surface area contributed by atoms with E-state index in [0.29, 0.717) is 11.3 Å². The molecule has 0 spiro atoms. The van der Waals surface area contributed by atoms with Gasteiger partial charge in [-0.3, -0.25) is 5.10 Å². The van der Waals surface area contributed by atoms with E-state index >= 15 is 0 Å². The highest BCUT2D eigenvalue weighted by atomic mass is 32.1. The number of H-pyrrole nitrogens is 1. The van der Waals surface area contributed by atoms with Crippen LogP contribution in [0.15, 0.2) is 54.7 Å². The fourth-order valence-corrected chi connectivity index (χ4v) is 3.46. The smallest absolute Gasteiger partial charge is 0.356 e. The molecule has 4 rings (SSSR count). The topological polar surface area (TPSA) is 91.8 Å². The molecule has 0 radical (unpaired) electrons. The summed E-state index contributed by atoms with van der Waals surface area (Å²) in [7, 11) is 0. The molecule has 6 nitrogen and oxygen atoms in total. The maximum absolute atomic E-state index is 11.2. The molecule has 0 saturated heterocycles. The van der Waals surface area contributed by atoms with E-state index in [0.717, 1.165) is 21.7 Å². The van der Waals surface area contributed by atoms with Gasteiger partial charge in [-0.2, -0.15) is 0 Å². The quantitative estimate of drug-likeness (QED) is 0.566. The highest BCUT2D eigenvalue weighted by molar-refractivity contribution is 7.14. The Balaban J connectivity index is 1.61. The Labute approximate surface area is 153 Å². The Bertz CT molecular complexity index is 1070. The third-order valence-corrected chi connectivity index (χ3v) is 4.97. The van der Waals surface area contributed by atoms with Gasteiger partial charge in [-0.1, -0.05) is 53.7 Å². The van der Waals surface area contributed by atoms with Crippen LogP contribution in [0.25, 0.3) is 33.0 Å². The summed E-state index contributed by atoms with van der Waals surface area (Å²) in [5.74, 6) is -1.08. The molecule has 2 aromatic heterocycles. The molecule has 2 N–H and O–H groups in total. The summed E-state index contributed by atoms with van der Waals surface area (Å²) < 4.78 is 0. The van der Waals surface area contributed by atoms with Gasteiger partial charge in [0.1, 0.15) is 10.7 Å². The predicted molar refractivity (Wildman–Crippen MR) is 100 cm³/mol. The van der Waals surface area contributed by atoms with Crippen LogP contribution in [0.5, 0.6) is 0 Å². The molecule has 0 amide bonds. The van der Waals surface area contributed by atoms with Crippen LogP contribution in [-0.2, 0) is 0 Å². The van der Waals surface area contributed by atoms with Crippen molar-refractivity contribution < 1.29 is 9.90 Å². The molecule has 0 saturated carbocycles. The van der Waals surface area contributed by atoms with Crippen LogP contribution in [-0.4, -0.2) is 31.5 Å². The largest absolute Gasteiger partial charge is 0.476 e. The van der Waals surface area contributed by atoms with Gasteiger partial charge >= 0.3 is 5.97 Å². The molecule has 0 fully saturated rings. The fourth-order valence-electron chi connectivity index (χ4n) is 2.69. The van der Waals surface area contributed by atoms with E-state index in [1.54, 1.807) is 11.3 Å². The van der Waals surface area contributed by atoms with E-state index in [1.165, 1.54) is 4.88 Å². The van der Waals surface area contributed by atoms with E-state index in [4.69, 9.17) is 5.11 Å². The predicted octanol–water partition coefficient (Wildman–Crippen LogP) is 4.27. The molecule has 128 valence electrons. The highest BCUT2D eigenvalue weighted by Gasteiger charge is 2.15. The van der Waals surface area contributed by atoms with Crippen LogP contribution in [0.2, 0.25) is 0 Å². The molecule has 2 aromatic carbocycles. The van der Waals surface area contributed by atoms with Gasteiger partial charge in [-0.25, -0.2) is 9.78 Å². The minimum atomic E-state index is -1.08. The molecule has 26 heavy (non-hydrogen) atoms. The Morgan fingerprint density at radius 1 is 0.962 bits per heavy atom.